The number of amides is 2. The predicted molar refractivity (Wildman–Crippen MR) is 101 cm³/mol. The summed E-state index contributed by atoms with van der Waals surface area (Å²) in [7, 11) is 0. The second-order valence-electron chi connectivity index (χ2n) is 6.70. The number of nitrogens with zero attached hydrogens (tertiary/aromatic N) is 3. The molecule has 1 aliphatic rings. The van der Waals surface area contributed by atoms with Gasteiger partial charge in [0.15, 0.2) is 5.16 Å². The number of anilines is 1. The number of aromatic nitrogens is 3. The molecule has 1 aromatic carbocycles. The molecule has 0 saturated heterocycles. The zero-order valence-corrected chi connectivity index (χ0v) is 16.1. The first kappa shape index (κ1) is 19.3. The van der Waals surface area contributed by atoms with Crippen LogP contribution >= 0.6 is 11.8 Å². The highest BCUT2D eigenvalue weighted by molar-refractivity contribution is 8.00. The highest BCUT2D eigenvalue weighted by Gasteiger charge is 2.31. The zero-order chi connectivity index (χ0) is 19.6. The van der Waals surface area contributed by atoms with Crippen molar-refractivity contribution < 1.29 is 14.0 Å². The molecular formula is C18H22FN5O2S. The summed E-state index contributed by atoms with van der Waals surface area (Å²) in [4.78, 5) is 23.6. The summed E-state index contributed by atoms with van der Waals surface area (Å²) in [6, 6.07) is 4.57. The van der Waals surface area contributed by atoms with E-state index < -0.39 is 11.2 Å². The molecule has 1 fully saturated rings. The van der Waals surface area contributed by atoms with E-state index in [-0.39, 0.29) is 18.1 Å². The third-order valence-corrected chi connectivity index (χ3v) is 5.44. The monoisotopic (exact) mass is 391 g/mol. The fraction of sp³-hybridized carbons (Fsp3) is 0.444. The van der Waals surface area contributed by atoms with Gasteiger partial charge < -0.3 is 15.6 Å². The van der Waals surface area contributed by atoms with Gasteiger partial charge in [0, 0.05) is 24.6 Å². The van der Waals surface area contributed by atoms with Gasteiger partial charge in [0.05, 0.1) is 5.25 Å². The van der Waals surface area contributed by atoms with E-state index in [1.165, 1.54) is 17.8 Å². The van der Waals surface area contributed by atoms with Gasteiger partial charge in [0.25, 0.3) is 0 Å². The van der Waals surface area contributed by atoms with Crippen molar-refractivity contribution >= 4 is 29.3 Å². The van der Waals surface area contributed by atoms with Crippen molar-refractivity contribution in [1.29, 1.82) is 0 Å². The van der Waals surface area contributed by atoms with Gasteiger partial charge in [0.2, 0.25) is 11.8 Å². The number of primary amides is 1. The SMILES string of the molecule is Cc1ccc(NC(=O)[C@@H](C)Sc2nnc(C3CC3)n2CCC(N)=O)cc1F. The first-order chi connectivity index (χ1) is 12.8. The molecule has 2 amide bonds. The summed E-state index contributed by atoms with van der Waals surface area (Å²) in [6.07, 6.45) is 2.29. The first-order valence-corrected chi connectivity index (χ1v) is 9.68. The fourth-order valence-corrected chi connectivity index (χ4v) is 3.47. The molecule has 0 radical (unpaired) electrons. The molecule has 7 nitrogen and oxygen atoms in total. The minimum Gasteiger partial charge on any atom is -0.370 e. The molecule has 1 atom stereocenters. The van der Waals surface area contributed by atoms with Gasteiger partial charge in [-0.3, -0.25) is 9.59 Å². The van der Waals surface area contributed by atoms with E-state index in [2.05, 4.69) is 15.5 Å². The lowest BCUT2D eigenvalue weighted by Gasteiger charge is -2.13. The normalized spacial score (nSPS) is 14.8. The summed E-state index contributed by atoms with van der Waals surface area (Å²) in [5.74, 6) is 0.175. The number of nitrogens with two attached hydrogens (primary N) is 1. The first-order valence-electron chi connectivity index (χ1n) is 8.80. The Kier molecular flexibility index (Phi) is 5.79. The van der Waals surface area contributed by atoms with Crippen LogP contribution in [0.2, 0.25) is 0 Å². The summed E-state index contributed by atoms with van der Waals surface area (Å²) < 4.78 is 15.5. The van der Waals surface area contributed by atoms with Crippen molar-refractivity contribution in [2.24, 2.45) is 5.73 Å². The molecule has 0 unspecified atom stereocenters. The Hall–Kier alpha value is -2.42. The molecule has 1 aromatic heterocycles. The van der Waals surface area contributed by atoms with E-state index >= 15 is 0 Å². The molecule has 1 aliphatic carbocycles. The van der Waals surface area contributed by atoms with E-state index in [1.54, 1.807) is 26.0 Å². The number of nitrogens with one attached hydrogen (secondary N) is 1. The van der Waals surface area contributed by atoms with Crippen molar-refractivity contribution in [2.45, 2.75) is 56.0 Å². The van der Waals surface area contributed by atoms with Crippen molar-refractivity contribution in [3.05, 3.63) is 35.4 Å². The number of thioether (sulfide) groups is 1. The number of halogens is 1. The van der Waals surface area contributed by atoms with Gasteiger partial charge in [-0.15, -0.1) is 10.2 Å². The van der Waals surface area contributed by atoms with Crippen LogP contribution in [0.4, 0.5) is 10.1 Å². The molecule has 0 aliphatic heterocycles. The van der Waals surface area contributed by atoms with Crippen LogP contribution in [-0.4, -0.2) is 31.8 Å². The standard InChI is InChI=1S/C18H22FN5O2S/c1-10-3-6-13(9-14(10)19)21-17(26)11(2)27-18-23-22-16(12-4-5-12)24(18)8-7-15(20)25/h3,6,9,11-12H,4-5,7-8H2,1-2H3,(H2,20,25)(H,21,26)/t11-/m1/s1. The lowest BCUT2D eigenvalue weighted by atomic mass is 10.2. The Morgan fingerprint density at radius 1 is 1.41 bits per heavy atom. The Balaban J connectivity index is 1.69. The van der Waals surface area contributed by atoms with Crippen LogP contribution in [0.5, 0.6) is 0 Å². The minimum atomic E-state index is -0.474. The Morgan fingerprint density at radius 2 is 2.15 bits per heavy atom. The smallest absolute Gasteiger partial charge is 0.237 e. The minimum absolute atomic E-state index is 0.189. The molecule has 3 rings (SSSR count). The Bertz CT molecular complexity index is 865. The molecule has 3 N–H and O–H groups in total. The summed E-state index contributed by atoms with van der Waals surface area (Å²) in [5.41, 5.74) is 6.19. The fourth-order valence-electron chi connectivity index (χ4n) is 2.59. The molecule has 0 spiro atoms. The van der Waals surface area contributed by atoms with Crippen LogP contribution in [0.3, 0.4) is 0 Å². The molecule has 1 saturated carbocycles. The maximum Gasteiger partial charge on any atom is 0.237 e. The van der Waals surface area contributed by atoms with Crippen LogP contribution in [0, 0.1) is 12.7 Å². The molecular weight excluding hydrogens is 369 g/mol. The van der Waals surface area contributed by atoms with Crippen LogP contribution in [0.15, 0.2) is 23.4 Å². The van der Waals surface area contributed by atoms with Gasteiger partial charge >= 0.3 is 0 Å². The highest BCUT2D eigenvalue weighted by atomic mass is 32.2. The molecule has 1 heterocycles. The lowest BCUT2D eigenvalue weighted by Crippen LogP contribution is -2.23. The van der Waals surface area contributed by atoms with Crippen LogP contribution in [-0.2, 0) is 16.1 Å². The number of rotatable bonds is 8. The van der Waals surface area contributed by atoms with E-state index in [9.17, 15) is 14.0 Å². The van der Waals surface area contributed by atoms with Gasteiger partial charge in [-0.1, -0.05) is 17.8 Å². The summed E-state index contributed by atoms with van der Waals surface area (Å²) >= 11 is 1.25. The topological polar surface area (TPSA) is 103 Å². The number of benzene rings is 1. The van der Waals surface area contributed by atoms with Crippen molar-refractivity contribution in [2.75, 3.05) is 5.32 Å². The third kappa shape index (κ3) is 4.85. The number of hydrogen-bond acceptors (Lipinski definition) is 5. The largest absolute Gasteiger partial charge is 0.370 e. The van der Waals surface area contributed by atoms with E-state index in [4.69, 9.17) is 5.73 Å². The highest BCUT2D eigenvalue weighted by Crippen LogP contribution is 2.40. The number of carbonyl (C=O) groups is 2. The number of hydrogen-bond donors (Lipinski definition) is 2. The molecule has 2 aromatic rings. The van der Waals surface area contributed by atoms with Crippen molar-refractivity contribution in [3.63, 3.8) is 0 Å². The second-order valence-corrected chi connectivity index (χ2v) is 8.00. The quantitative estimate of drug-likeness (QED) is 0.673. The maximum absolute atomic E-state index is 13.6. The summed E-state index contributed by atoms with van der Waals surface area (Å²) in [6.45, 7) is 3.80. The van der Waals surface area contributed by atoms with Crippen molar-refractivity contribution in [1.82, 2.24) is 14.8 Å². The predicted octanol–water partition coefficient (Wildman–Crippen LogP) is 2.60. The van der Waals surface area contributed by atoms with Crippen LogP contribution < -0.4 is 11.1 Å². The van der Waals surface area contributed by atoms with Crippen LogP contribution in [0.1, 0.15) is 43.5 Å². The average molecular weight is 391 g/mol. The third-order valence-electron chi connectivity index (χ3n) is 4.36. The van der Waals surface area contributed by atoms with Gasteiger partial charge in [-0.25, -0.2) is 4.39 Å². The number of carbonyl (C=O) groups excluding carboxylic acids is 2. The Morgan fingerprint density at radius 3 is 2.78 bits per heavy atom. The van der Waals surface area contributed by atoms with E-state index in [1.807, 2.05) is 4.57 Å². The van der Waals surface area contributed by atoms with Gasteiger partial charge in [-0.05, 0) is 44.4 Å². The Labute approximate surface area is 160 Å². The molecule has 144 valence electrons. The van der Waals surface area contributed by atoms with Gasteiger partial charge in [-0.2, -0.15) is 0 Å². The number of aryl methyl sites for hydroxylation is 1. The zero-order valence-electron chi connectivity index (χ0n) is 15.2. The summed E-state index contributed by atoms with van der Waals surface area (Å²) in [5, 5.41) is 11.2. The average Bonchev–Trinajstić information content (AvgIpc) is 3.38. The lowest BCUT2D eigenvalue weighted by molar-refractivity contribution is -0.118. The molecule has 9 heteroatoms. The molecule has 0 bridgehead atoms. The van der Waals surface area contributed by atoms with Gasteiger partial charge in [0.1, 0.15) is 11.6 Å². The van der Waals surface area contributed by atoms with Crippen molar-refractivity contribution in [3.8, 4) is 0 Å². The maximum atomic E-state index is 13.6. The van der Waals surface area contributed by atoms with E-state index in [0.29, 0.717) is 28.9 Å². The second kappa shape index (κ2) is 8.08. The van der Waals surface area contributed by atoms with E-state index in [0.717, 1.165) is 18.7 Å². The van der Waals surface area contributed by atoms with Crippen LogP contribution in [0.25, 0.3) is 0 Å². The molecule has 27 heavy (non-hydrogen) atoms.